The molecule has 0 saturated carbocycles. The van der Waals surface area contributed by atoms with Crippen LogP contribution in [0.15, 0.2) is 42.5 Å². The van der Waals surface area contributed by atoms with Crippen molar-refractivity contribution in [2.45, 2.75) is 6.04 Å². The maximum absolute atomic E-state index is 13.1. The van der Waals surface area contributed by atoms with Crippen molar-refractivity contribution in [3.63, 3.8) is 0 Å². The largest absolute Gasteiger partial charge is 0.497 e. The minimum absolute atomic E-state index is 0.119. The monoisotopic (exact) mass is 293 g/mol. The number of methoxy groups -OCH3 is 1. The van der Waals surface area contributed by atoms with Gasteiger partial charge in [-0.05, 0) is 24.7 Å². The van der Waals surface area contributed by atoms with Crippen LogP contribution >= 0.6 is 0 Å². The lowest BCUT2D eigenvalue weighted by molar-refractivity contribution is 0.270. The molecule has 0 bridgehead atoms. The van der Waals surface area contributed by atoms with Crippen LogP contribution in [0.2, 0.25) is 0 Å². The minimum Gasteiger partial charge on any atom is -0.497 e. The van der Waals surface area contributed by atoms with Gasteiger partial charge in [0.25, 0.3) is 0 Å². The van der Waals surface area contributed by atoms with E-state index >= 15 is 0 Å². The summed E-state index contributed by atoms with van der Waals surface area (Å²) in [5.41, 5.74) is 0.966. The van der Waals surface area contributed by atoms with Gasteiger partial charge in [0.15, 0.2) is 0 Å². The zero-order chi connectivity index (χ0) is 15.2. The van der Waals surface area contributed by atoms with Crippen LogP contribution in [-0.4, -0.2) is 20.8 Å². The molecule has 0 fully saturated rings. The molecule has 2 rings (SSSR count). The highest BCUT2D eigenvalue weighted by molar-refractivity contribution is 5.31. The van der Waals surface area contributed by atoms with Crippen molar-refractivity contribution in [1.82, 2.24) is 5.32 Å². The second kappa shape index (κ2) is 7.04. The molecule has 1 unspecified atom stereocenters. The third kappa shape index (κ3) is 4.16. The molecular formula is C16H17F2NO2. The zero-order valence-corrected chi connectivity index (χ0v) is 11.9. The Labute approximate surface area is 122 Å². The second-order valence-corrected chi connectivity index (χ2v) is 4.53. The van der Waals surface area contributed by atoms with E-state index < -0.39 is 11.6 Å². The van der Waals surface area contributed by atoms with Gasteiger partial charge in [-0.3, -0.25) is 0 Å². The quantitative estimate of drug-likeness (QED) is 0.886. The molecule has 0 aliphatic heterocycles. The molecule has 112 valence electrons. The van der Waals surface area contributed by atoms with Gasteiger partial charge >= 0.3 is 0 Å². The number of likely N-dealkylation sites (N-methyl/N-ethyl adjacent to an activating group) is 1. The Hall–Kier alpha value is -2.14. The first kappa shape index (κ1) is 15.3. The number of hydrogen-bond donors (Lipinski definition) is 1. The molecule has 1 atom stereocenters. The molecule has 1 N–H and O–H groups in total. The Balaban J connectivity index is 2.08. The Morgan fingerprint density at radius 2 is 1.76 bits per heavy atom. The number of hydrogen-bond acceptors (Lipinski definition) is 3. The Kier molecular flexibility index (Phi) is 5.11. The highest BCUT2D eigenvalue weighted by atomic mass is 19.1. The molecule has 5 heteroatoms. The van der Waals surface area contributed by atoms with E-state index in [2.05, 4.69) is 5.32 Å². The fraction of sp³-hybridized carbons (Fsp3) is 0.250. The van der Waals surface area contributed by atoms with Gasteiger partial charge in [0, 0.05) is 18.2 Å². The maximum atomic E-state index is 13.1. The van der Waals surface area contributed by atoms with Gasteiger partial charge in [0.2, 0.25) is 0 Å². The Morgan fingerprint density at radius 3 is 2.38 bits per heavy atom. The van der Waals surface area contributed by atoms with Crippen LogP contribution in [0, 0.1) is 11.6 Å². The van der Waals surface area contributed by atoms with Crippen LogP contribution in [0.3, 0.4) is 0 Å². The van der Waals surface area contributed by atoms with Crippen molar-refractivity contribution in [3.05, 3.63) is 59.7 Å². The summed E-state index contributed by atoms with van der Waals surface area (Å²) in [5, 5.41) is 3.10. The highest BCUT2D eigenvalue weighted by Gasteiger charge is 2.12. The summed E-state index contributed by atoms with van der Waals surface area (Å²) in [7, 11) is 3.39. The lowest BCUT2D eigenvalue weighted by Crippen LogP contribution is -2.23. The van der Waals surface area contributed by atoms with E-state index in [1.54, 1.807) is 14.2 Å². The fourth-order valence-electron chi connectivity index (χ4n) is 2.00. The van der Waals surface area contributed by atoms with Gasteiger partial charge in [0.1, 0.15) is 29.7 Å². The van der Waals surface area contributed by atoms with Gasteiger partial charge in [-0.15, -0.1) is 0 Å². The third-order valence-electron chi connectivity index (χ3n) is 3.10. The third-order valence-corrected chi connectivity index (χ3v) is 3.10. The van der Waals surface area contributed by atoms with Crippen molar-refractivity contribution >= 4 is 0 Å². The summed E-state index contributed by atoms with van der Waals surface area (Å²) in [4.78, 5) is 0. The number of nitrogens with one attached hydrogen (secondary N) is 1. The number of halogens is 2. The highest BCUT2D eigenvalue weighted by Crippen LogP contribution is 2.21. The minimum atomic E-state index is -0.660. The predicted molar refractivity (Wildman–Crippen MR) is 76.6 cm³/mol. The van der Waals surface area contributed by atoms with E-state index in [-0.39, 0.29) is 18.4 Å². The number of benzene rings is 2. The molecule has 0 spiro atoms. The Bertz CT molecular complexity index is 584. The van der Waals surface area contributed by atoms with Gasteiger partial charge in [-0.2, -0.15) is 0 Å². The molecule has 0 amide bonds. The van der Waals surface area contributed by atoms with Crippen LogP contribution in [0.5, 0.6) is 11.5 Å². The molecule has 0 aliphatic carbocycles. The molecule has 0 aliphatic rings. The first-order valence-electron chi connectivity index (χ1n) is 6.52. The van der Waals surface area contributed by atoms with E-state index in [1.165, 1.54) is 0 Å². The summed E-state index contributed by atoms with van der Waals surface area (Å²) in [6.45, 7) is 0.243. The lowest BCUT2D eigenvalue weighted by atomic mass is 10.1. The molecule has 0 radical (unpaired) electrons. The topological polar surface area (TPSA) is 30.5 Å². The van der Waals surface area contributed by atoms with E-state index in [9.17, 15) is 8.78 Å². The van der Waals surface area contributed by atoms with Crippen LogP contribution in [0.1, 0.15) is 11.6 Å². The van der Waals surface area contributed by atoms with E-state index in [1.807, 2.05) is 24.3 Å². The van der Waals surface area contributed by atoms with Gasteiger partial charge in [0.05, 0.1) is 13.2 Å². The average molecular weight is 293 g/mol. The molecule has 2 aromatic carbocycles. The first-order valence-corrected chi connectivity index (χ1v) is 6.52. The second-order valence-electron chi connectivity index (χ2n) is 4.53. The smallest absolute Gasteiger partial charge is 0.129 e. The predicted octanol–water partition coefficient (Wildman–Crippen LogP) is 3.31. The van der Waals surface area contributed by atoms with Crippen molar-refractivity contribution in [2.75, 3.05) is 20.8 Å². The van der Waals surface area contributed by atoms with Gasteiger partial charge in [-0.25, -0.2) is 8.78 Å². The van der Waals surface area contributed by atoms with E-state index in [0.717, 1.165) is 29.5 Å². The summed E-state index contributed by atoms with van der Waals surface area (Å²) >= 11 is 0. The zero-order valence-electron chi connectivity index (χ0n) is 11.9. The molecule has 21 heavy (non-hydrogen) atoms. The molecule has 0 aromatic heterocycles. The molecule has 2 aromatic rings. The molecular weight excluding hydrogens is 276 g/mol. The van der Waals surface area contributed by atoms with Crippen LogP contribution in [0.4, 0.5) is 8.78 Å². The summed E-state index contributed by atoms with van der Waals surface area (Å²) < 4.78 is 36.8. The number of rotatable bonds is 6. The lowest BCUT2D eigenvalue weighted by Gasteiger charge is -2.18. The van der Waals surface area contributed by atoms with Crippen LogP contribution < -0.4 is 14.8 Å². The van der Waals surface area contributed by atoms with Crippen LogP contribution in [-0.2, 0) is 0 Å². The summed E-state index contributed by atoms with van der Waals surface area (Å²) in [6.07, 6.45) is 0. The fourth-order valence-corrected chi connectivity index (χ4v) is 2.00. The van der Waals surface area contributed by atoms with E-state index in [0.29, 0.717) is 0 Å². The summed E-state index contributed by atoms with van der Waals surface area (Å²) in [5.74, 6) is -0.417. The van der Waals surface area contributed by atoms with Crippen molar-refractivity contribution in [2.24, 2.45) is 0 Å². The average Bonchev–Trinajstić information content (AvgIpc) is 2.47. The summed E-state index contributed by atoms with van der Waals surface area (Å²) in [6, 6.07) is 10.5. The van der Waals surface area contributed by atoms with Crippen molar-refractivity contribution < 1.29 is 18.3 Å². The molecule has 0 heterocycles. The van der Waals surface area contributed by atoms with E-state index in [4.69, 9.17) is 9.47 Å². The normalized spacial score (nSPS) is 12.0. The standard InChI is InChI=1S/C16H17F2NO2/c1-19-16(11-4-3-5-14(6-11)20-2)10-21-15-8-12(17)7-13(18)9-15/h3-9,16,19H,10H2,1-2H3. The maximum Gasteiger partial charge on any atom is 0.129 e. The molecule has 3 nitrogen and oxygen atoms in total. The van der Waals surface area contributed by atoms with Crippen LogP contribution in [0.25, 0.3) is 0 Å². The molecule has 0 saturated heterocycles. The first-order chi connectivity index (χ1) is 10.1. The van der Waals surface area contributed by atoms with Crippen molar-refractivity contribution in [3.8, 4) is 11.5 Å². The van der Waals surface area contributed by atoms with Crippen molar-refractivity contribution in [1.29, 1.82) is 0 Å². The Morgan fingerprint density at radius 1 is 1.05 bits per heavy atom. The SMILES string of the molecule is CNC(COc1cc(F)cc(F)c1)c1cccc(OC)c1. The number of ether oxygens (including phenoxy) is 2. The van der Waals surface area contributed by atoms with Gasteiger partial charge < -0.3 is 14.8 Å². The van der Waals surface area contributed by atoms with Gasteiger partial charge in [-0.1, -0.05) is 12.1 Å².